The summed E-state index contributed by atoms with van der Waals surface area (Å²) in [6, 6.07) is 20.5. The second kappa shape index (κ2) is 28.7. The van der Waals surface area contributed by atoms with Gasteiger partial charge in [-0.15, -0.1) is 0 Å². The van der Waals surface area contributed by atoms with Gasteiger partial charge >= 0.3 is 53.4 Å². The summed E-state index contributed by atoms with van der Waals surface area (Å²) in [5, 5.41) is -2.04. The fourth-order valence-electron chi connectivity index (χ4n) is 5.60. The molecule has 302 valence electrons. The monoisotopic (exact) mass is 805 g/mol. The molecule has 2 aromatic carbocycles. The first kappa shape index (κ1) is 50.4. The van der Waals surface area contributed by atoms with Gasteiger partial charge in [-0.25, -0.2) is 8.42 Å². The summed E-state index contributed by atoms with van der Waals surface area (Å²) in [5.41, 5.74) is 2.90. The molecule has 0 bridgehead atoms. The van der Waals surface area contributed by atoms with Crippen molar-refractivity contribution >= 4 is 34.0 Å². The van der Waals surface area contributed by atoms with E-state index in [0.717, 1.165) is 74.6 Å². The van der Waals surface area contributed by atoms with Crippen molar-refractivity contribution in [1.82, 2.24) is 4.98 Å². The Bertz CT molecular complexity index is 1630. The number of ether oxygens (including phenoxy) is 4. The third-order valence-electron chi connectivity index (χ3n) is 8.40. The molecular weight excluding hydrogens is 750 g/mol. The van der Waals surface area contributed by atoms with Crippen molar-refractivity contribution in [3.8, 4) is 11.5 Å². The molecule has 12 nitrogen and oxygen atoms in total. The molecule has 1 heterocycles. The van der Waals surface area contributed by atoms with Crippen molar-refractivity contribution in [3.05, 3.63) is 89.7 Å². The molecule has 0 aliphatic heterocycles. The molecule has 1 unspecified atom stereocenters. The third kappa shape index (κ3) is 21.1. The van der Waals surface area contributed by atoms with Crippen LogP contribution in [0, 0.1) is 0 Å². The molecular formula is C42H56NNaO11S. The van der Waals surface area contributed by atoms with E-state index >= 15 is 0 Å². The fraction of sp³-hybridized carbons (Fsp3) is 0.500. The molecule has 3 rings (SSSR count). The number of aromatic nitrogens is 1. The minimum atomic E-state index is -4.98. The van der Waals surface area contributed by atoms with E-state index in [2.05, 4.69) is 18.8 Å². The van der Waals surface area contributed by atoms with Gasteiger partial charge in [0.2, 0.25) is 0 Å². The third-order valence-corrected chi connectivity index (χ3v) is 9.46. The van der Waals surface area contributed by atoms with Crippen LogP contribution in [-0.4, -0.2) is 60.3 Å². The molecule has 0 fully saturated rings. The maximum atomic E-state index is 11.9. The van der Waals surface area contributed by atoms with Crippen LogP contribution < -0.4 is 39.0 Å². The van der Waals surface area contributed by atoms with E-state index in [1.54, 1.807) is 30.5 Å². The fourth-order valence-corrected chi connectivity index (χ4v) is 6.24. The minimum absolute atomic E-state index is 0. The van der Waals surface area contributed by atoms with Crippen LogP contribution in [-0.2, 0) is 38.8 Å². The van der Waals surface area contributed by atoms with Crippen LogP contribution >= 0.6 is 0 Å². The zero-order chi connectivity index (χ0) is 40.5. The van der Waals surface area contributed by atoms with E-state index in [9.17, 15) is 32.1 Å². The van der Waals surface area contributed by atoms with Crippen molar-refractivity contribution in [3.63, 3.8) is 0 Å². The van der Waals surface area contributed by atoms with Crippen molar-refractivity contribution in [1.29, 1.82) is 0 Å². The Hall–Kier alpha value is -3.62. The van der Waals surface area contributed by atoms with E-state index < -0.39 is 33.7 Å². The van der Waals surface area contributed by atoms with Crippen LogP contribution in [0.15, 0.2) is 72.9 Å². The summed E-state index contributed by atoms with van der Waals surface area (Å²) in [6.45, 7) is 7.18. The summed E-state index contributed by atoms with van der Waals surface area (Å²) in [7, 11) is -4.98. The number of nitrogens with zero attached hydrogens (tertiary/aromatic N) is 1. The first-order chi connectivity index (χ1) is 26.3. The predicted molar refractivity (Wildman–Crippen MR) is 207 cm³/mol. The van der Waals surface area contributed by atoms with E-state index in [4.69, 9.17) is 18.9 Å². The van der Waals surface area contributed by atoms with Gasteiger partial charge < -0.3 is 23.5 Å². The Kier molecular flexibility index (Phi) is 25.9. The summed E-state index contributed by atoms with van der Waals surface area (Å²) in [6.07, 6.45) is 12.9. The Balaban J connectivity index is 0.000000550. The van der Waals surface area contributed by atoms with E-state index in [-0.39, 0.29) is 60.6 Å². The van der Waals surface area contributed by atoms with Crippen molar-refractivity contribution in [2.75, 3.05) is 13.2 Å². The normalized spacial score (nSPS) is 11.3. The first-order valence-corrected chi connectivity index (χ1v) is 20.6. The SMILES string of the molecule is CC(=O)Oc1ccc(C(c2ccc(OC(C)=O)cc2)c2ccccn2)cc1.CCCCCCCCOC(=O)CC(C(=O)OCCCCCCCC)S(=O)(=O)[O-].[Na+]. The Labute approximate surface area is 354 Å². The van der Waals surface area contributed by atoms with Gasteiger partial charge in [0.1, 0.15) is 21.6 Å². The number of pyridine rings is 1. The van der Waals surface area contributed by atoms with Crippen LogP contribution in [0.2, 0.25) is 0 Å². The molecule has 1 atom stereocenters. The summed E-state index contributed by atoms with van der Waals surface area (Å²) >= 11 is 0. The number of carbonyl (C=O) groups excluding carboxylic acids is 4. The zero-order valence-electron chi connectivity index (χ0n) is 33.5. The van der Waals surface area contributed by atoms with Crippen LogP contribution in [0.25, 0.3) is 0 Å². The molecule has 3 aromatic rings. The van der Waals surface area contributed by atoms with E-state index in [1.165, 1.54) is 20.3 Å². The maximum Gasteiger partial charge on any atom is 1.00 e. The molecule has 0 saturated heterocycles. The van der Waals surface area contributed by atoms with Gasteiger partial charge in [0.05, 0.1) is 31.2 Å². The molecule has 0 aliphatic rings. The summed E-state index contributed by atoms with van der Waals surface area (Å²) in [4.78, 5) is 50.4. The van der Waals surface area contributed by atoms with Crippen molar-refractivity contribution in [2.24, 2.45) is 0 Å². The number of hydrogen-bond acceptors (Lipinski definition) is 12. The van der Waals surface area contributed by atoms with Crippen LogP contribution in [0.3, 0.4) is 0 Å². The van der Waals surface area contributed by atoms with Gasteiger partial charge in [-0.3, -0.25) is 24.2 Å². The zero-order valence-corrected chi connectivity index (χ0v) is 36.4. The number of unbranched alkanes of at least 4 members (excludes halogenated alkanes) is 10. The maximum absolute atomic E-state index is 11.9. The molecule has 56 heavy (non-hydrogen) atoms. The minimum Gasteiger partial charge on any atom is -0.747 e. The van der Waals surface area contributed by atoms with Gasteiger partial charge in [-0.05, 0) is 60.4 Å². The molecule has 0 amide bonds. The van der Waals surface area contributed by atoms with Crippen molar-refractivity contribution < 1.29 is 80.7 Å². The number of benzene rings is 2. The van der Waals surface area contributed by atoms with Crippen LogP contribution in [0.5, 0.6) is 11.5 Å². The first-order valence-electron chi connectivity index (χ1n) is 19.1. The Morgan fingerprint density at radius 3 is 1.50 bits per heavy atom. The number of esters is 4. The van der Waals surface area contributed by atoms with Crippen molar-refractivity contribution in [2.45, 2.75) is 122 Å². The second-order valence-electron chi connectivity index (χ2n) is 13.1. The van der Waals surface area contributed by atoms with Gasteiger partial charge in [0.15, 0.2) is 5.25 Å². The number of rotatable bonds is 23. The predicted octanol–water partition coefficient (Wildman–Crippen LogP) is 5.21. The summed E-state index contributed by atoms with van der Waals surface area (Å²) in [5.74, 6) is -1.86. The van der Waals surface area contributed by atoms with Crippen LogP contribution in [0.1, 0.15) is 134 Å². The standard InChI is InChI=1S/C22H19NO4.C20H38O7S.Na/c1-15(24)26-19-10-6-17(7-11-19)22(21-5-3-4-14-23-21)18-8-12-20(13-9-18)27-16(2)25;1-3-5-7-9-11-13-15-26-19(21)17-18(28(23,24)25)20(22)27-16-14-12-10-8-6-4-2;/h3-14,22H,1-2H3;18H,3-17H2,1-2H3,(H,23,24,25);/q;;+1/p-1. The molecule has 0 saturated carbocycles. The molecule has 14 heteroatoms. The Morgan fingerprint density at radius 2 is 1.09 bits per heavy atom. The largest absolute Gasteiger partial charge is 1.00 e. The quantitative estimate of drug-likeness (QED) is 0.0403. The second-order valence-corrected chi connectivity index (χ2v) is 14.7. The van der Waals surface area contributed by atoms with Gasteiger partial charge in [0, 0.05) is 20.0 Å². The van der Waals surface area contributed by atoms with Gasteiger partial charge in [-0.1, -0.05) is 108 Å². The summed E-state index contributed by atoms with van der Waals surface area (Å²) < 4.78 is 54.1. The van der Waals surface area contributed by atoms with Crippen LogP contribution in [0.4, 0.5) is 0 Å². The smallest absolute Gasteiger partial charge is 0.747 e. The van der Waals surface area contributed by atoms with Gasteiger partial charge in [-0.2, -0.15) is 0 Å². The number of carbonyl (C=O) groups is 4. The number of hydrogen-bond donors (Lipinski definition) is 0. The average molecular weight is 806 g/mol. The molecule has 1 aromatic heterocycles. The topological polar surface area (TPSA) is 175 Å². The molecule has 0 aliphatic carbocycles. The molecule has 0 N–H and O–H groups in total. The molecule has 0 spiro atoms. The Morgan fingerprint density at radius 1 is 0.643 bits per heavy atom. The van der Waals surface area contributed by atoms with E-state index in [1.807, 2.05) is 42.5 Å². The molecule has 0 radical (unpaired) electrons. The van der Waals surface area contributed by atoms with Gasteiger partial charge in [0.25, 0.3) is 0 Å². The average Bonchev–Trinajstić information content (AvgIpc) is 3.14. The van der Waals surface area contributed by atoms with E-state index in [0.29, 0.717) is 24.3 Å².